The molecule has 0 unspecified atom stereocenters. The highest BCUT2D eigenvalue weighted by Gasteiger charge is 2.49. The van der Waals surface area contributed by atoms with Gasteiger partial charge in [-0.05, 0) is 44.0 Å². The molecule has 2 atom stereocenters. The van der Waals surface area contributed by atoms with Crippen molar-refractivity contribution >= 4 is 34.3 Å². The first-order chi connectivity index (χ1) is 14.1. The monoisotopic (exact) mass is 428 g/mol. The Kier molecular flexibility index (Phi) is 4.98. The summed E-state index contributed by atoms with van der Waals surface area (Å²) in [5.41, 5.74) is 15.1. The van der Waals surface area contributed by atoms with Crippen LogP contribution in [0.3, 0.4) is 0 Å². The van der Waals surface area contributed by atoms with Crippen LogP contribution in [0.15, 0.2) is 47.7 Å². The second-order valence-corrected chi connectivity index (χ2v) is 9.15. The summed E-state index contributed by atoms with van der Waals surface area (Å²) in [6, 6.07) is 8.01. The van der Waals surface area contributed by atoms with Gasteiger partial charge >= 0.3 is 0 Å². The number of rotatable bonds is 4. The summed E-state index contributed by atoms with van der Waals surface area (Å²) in [7, 11) is 0. The van der Waals surface area contributed by atoms with Gasteiger partial charge in [0.15, 0.2) is 0 Å². The number of aromatic nitrogens is 2. The number of nitrogens with zero attached hydrogens (tertiary/aromatic N) is 3. The molecule has 5 N–H and O–H groups in total. The van der Waals surface area contributed by atoms with Crippen LogP contribution < -0.4 is 16.8 Å². The van der Waals surface area contributed by atoms with E-state index in [-0.39, 0.29) is 28.5 Å². The highest BCUT2D eigenvalue weighted by molar-refractivity contribution is 6.33. The van der Waals surface area contributed by atoms with Gasteiger partial charge in [0.1, 0.15) is 11.7 Å². The molecule has 0 radical (unpaired) electrons. The van der Waals surface area contributed by atoms with Crippen molar-refractivity contribution in [3.05, 3.63) is 59.1 Å². The van der Waals surface area contributed by atoms with Crippen LogP contribution in [0.4, 0.5) is 15.8 Å². The minimum atomic E-state index is -0.431. The zero-order valence-electron chi connectivity index (χ0n) is 17.3. The van der Waals surface area contributed by atoms with Crippen molar-refractivity contribution in [2.45, 2.75) is 45.2 Å². The summed E-state index contributed by atoms with van der Waals surface area (Å²) in [6.07, 6.45) is 5.37. The van der Waals surface area contributed by atoms with E-state index in [1.165, 1.54) is 18.2 Å². The predicted molar refractivity (Wildman–Crippen MR) is 120 cm³/mol. The average Bonchev–Trinajstić information content (AvgIpc) is 3.23. The molecule has 1 fully saturated rings. The van der Waals surface area contributed by atoms with Gasteiger partial charge in [0.05, 0.1) is 33.7 Å². The van der Waals surface area contributed by atoms with E-state index in [4.69, 9.17) is 23.1 Å². The highest BCUT2D eigenvalue weighted by Crippen LogP contribution is 2.46. The number of nitrogens with one attached hydrogen (secondary N) is 1. The van der Waals surface area contributed by atoms with Crippen LogP contribution in [0.2, 0.25) is 5.02 Å². The summed E-state index contributed by atoms with van der Waals surface area (Å²) in [5, 5.41) is 8.42. The maximum atomic E-state index is 13.7. The van der Waals surface area contributed by atoms with Gasteiger partial charge in [0.25, 0.3) is 0 Å². The summed E-state index contributed by atoms with van der Waals surface area (Å²) >= 11 is 6.17. The minimum absolute atomic E-state index is 0.137. The Hall–Kier alpha value is -2.64. The van der Waals surface area contributed by atoms with E-state index in [2.05, 4.69) is 36.2 Å². The van der Waals surface area contributed by atoms with Crippen molar-refractivity contribution < 1.29 is 4.39 Å². The molecule has 0 aliphatic heterocycles. The molecule has 0 spiro atoms. The Morgan fingerprint density at radius 1 is 1.33 bits per heavy atom. The molecule has 8 heteroatoms. The second-order valence-electron chi connectivity index (χ2n) is 8.74. The molecule has 1 aliphatic rings. The summed E-state index contributed by atoms with van der Waals surface area (Å²) in [6.45, 7) is 6.45. The van der Waals surface area contributed by atoms with Crippen LogP contribution in [0, 0.1) is 11.2 Å². The number of hydrogen-bond acceptors (Lipinski definition) is 4. The van der Waals surface area contributed by atoms with Gasteiger partial charge in [-0.3, -0.25) is 0 Å². The van der Waals surface area contributed by atoms with Gasteiger partial charge in [-0.2, -0.15) is 5.10 Å². The fourth-order valence-electron chi connectivity index (χ4n) is 4.05. The number of hydrogen-bond donors (Lipinski definition) is 3. The number of halogens is 2. The first-order valence-electron chi connectivity index (χ1n) is 9.91. The Morgan fingerprint density at radius 3 is 2.80 bits per heavy atom. The first kappa shape index (κ1) is 20.6. The van der Waals surface area contributed by atoms with Crippen molar-refractivity contribution in [2.75, 3.05) is 5.32 Å². The number of anilines is 1. The van der Waals surface area contributed by atoms with Crippen molar-refractivity contribution in [1.82, 2.24) is 9.61 Å². The van der Waals surface area contributed by atoms with Crippen LogP contribution in [0.5, 0.6) is 0 Å². The van der Waals surface area contributed by atoms with Crippen molar-refractivity contribution in [1.29, 1.82) is 0 Å². The van der Waals surface area contributed by atoms with Gasteiger partial charge in [0, 0.05) is 29.3 Å². The maximum absolute atomic E-state index is 13.7. The lowest BCUT2D eigenvalue weighted by molar-refractivity contribution is 0.215. The zero-order chi connectivity index (χ0) is 21.7. The molecule has 3 aromatic rings. The Morgan fingerprint density at radius 2 is 2.10 bits per heavy atom. The van der Waals surface area contributed by atoms with Crippen molar-refractivity contribution in [3.8, 4) is 0 Å². The van der Waals surface area contributed by atoms with Crippen LogP contribution in [0.25, 0.3) is 5.52 Å². The third kappa shape index (κ3) is 3.42. The molecule has 1 saturated carbocycles. The van der Waals surface area contributed by atoms with E-state index in [0.29, 0.717) is 10.6 Å². The van der Waals surface area contributed by atoms with Crippen LogP contribution in [-0.2, 0) is 0 Å². The fourth-order valence-corrected chi connectivity index (χ4v) is 4.21. The number of fused-ring (bicyclic) bond motifs is 1. The molecule has 4 rings (SSSR count). The van der Waals surface area contributed by atoms with Gasteiger partial charge in [-0.25, -0.2) is 13.9 Å². The molecule has 1 aromatic carbocycles. The van der Waals surface area contributed by atoms with Gasteiger partial charge in [-0.1, -0.05) is 25.4 Å². The Bertz CT molecular complexity index is 1130. The fraction of sp³-hybridized carbons (Fsp3) is 0.364. The molecule has 2 aromatic heterocycles. The molecule has 2 heterocycles. The molecular weight excluding hydrogens is 403 g/mol. The van der Waals surface area contributed by atoms with E-state index in [1.54, 1.807) is 10.7 Å². The molecule has 0 saturated heterocycles. The number of benzene rings is 1. The standard InChI is InChI=1S/C22H26ClFN6/c1-21(2)18(8-9-22(21,3)26)29-19-14(12-27-30-10-4-5-17(19)30)20(25)28-16-11-13(24)6-7-15(16)23/h4-7,10-12,18,29H,8-9,26H2,1-3H3,(H2,25,28)/t18-,22+/m1/s1. The lowest BCUT2D eigenvalue weighted by Gasteiger charge is -2.39. The molecular formula is C22H26ClFN6. The predicted octanol–water partition coefficient (Wildman–Crippen LogP) is 4.48. The van der Waals surface area contributed by atoms with Gasteiger partial charge in [0.2, 0.25) is 0 Å². The quantitative estimate of drug-likeness (QED) is 0.421. The van der Waals surface area contributed by atoms with Gasteiger partial charge < -0.3 is 16.8 Å². The maximum Gasteiger partial charge on any atom is 0.135 e. The average molecular weight is 429 g/mol. The van der Waals surface area contributed by atoms with E-state index in [0.717, 1.165) is 24.0 Å². The van der Waals surface area contributed by atoms with Crippen LogP contribution in [0.1, 0.15) is 39.2 Å². The molecule has 0 amide bonds. The Labute approximate surface area is 180 Å². The third-order valence-corrected chi connectivity index (χ3v) is 6.92. The van der Waals surface area contributed by atoms with Crippen LogP contribution in [-0.4, -0.2) is 27.0 Å². The molecule has 158 valence electrons. The lowest BCUT2D eigenvalue weighted by atomic mass is 9.75. The second kappa shape index (κ2) is 7.25. The number of nitrogens with two attached hydrogens (primary N) is 2. The van der Waals surface area contributed by atoms with Crippen LogP contribution >= 0.6 is 11.6 Å². The normalized spacial score (nSPS) is 23.8. The Balaban J connectivity index is 1.80. The molecule has 30 heavy (non-hydrogen) atoms. The van der Waals surface area contributed by atoms with Crippen molar-refractivity contribution in [2.24, 2.45) is 21.9 Å². The molecule has 0 bridgehead atoms. The summed E-state index contributed by atoms with van der Waals surface area (Å²) in [4.78, 5) is 4.39. The zero-order valence-corrected chi connectivity index (χ0v) is 18.0. The number of aliphatic imine (C=N–C) groups is 1. The van der Waals surface area contributed by atoms with Gasteiger partial charge in [-0.15, -0.1) is 0 Å². The van der Waals surface area contributed by atoms with Crippen molar-refractivity contribution in [3.63, 3.8) is 0 Å². The van der Waals surface area contributed by atoms with E-state index >= 15 is 0 Å². The van der Waals surface area contributed by atoms with E-state index in [9.17, 15) is 4.39 Å². The lowest BCUT2D eigenvalue weighted by Crippen LogP contribution is -2.51. The topological polar surface area (TPSA) is 93.7 Å². The smallest absolute Gasteiger partial charge is 0.135 e. The largest absolute Gasteiger partial charge is 0.383 e. The SMILES string of the molecule is CC1(C)[C@H](Nc2c(/C(N)=N/c3cc(F)ccc3Cl)cnn3cccc23)CC[C@]1(C)N. The highest BCUT2D eigenvalue weighted by atomic mass is 35.5. The van der Waals surface area contributed by atoms with E-state index < -0.39 is 5.82 Å². The molecule has 6 nitrogen and oxygen atoms in total. The summed E-state index contributed by atoms with van der Waals surface area (Å²) < 4.78 is 15.4. The minimum Gasteiger partial charge on any atom is -0.383 e. The molecule has 1 aliphatic carbocycles. The number of amidine groups is 1. The first-order valence-corrected chi connectivity index (χ1v) is 10.3. The summed E-state index contributed by atoms with van der Waals surface area (Å²) in [5.74, 6) is -0.230. The van der Waals surface area contributed by atoms with E-state index in [1.807, 2.05) is 18.3 Å². The third-order valence-electron chi connectivity index (χ3n) is 6.60.